The smallest absolute Gasteiger partial charge is 0.341 e. The van der Waals surface area contributed by atoms with Crippen LogP contribution in [0.4, 0.5) is 11.5 Å². The van der Waals surface area contributed by atoms with Crippen molar-refractivity contribution in [3.63, 3.8) is 0 Å². The topological polar surface area (TPSA) is 107 Å². The fraction of sp³-hybridized carbons (Fsp3) is 0. The van der Waals surface area contributed by atoms with E-state index < -0.39 is 5.69 Å². The molecule has 2 N–H and O–H groups in total. The van der Waals surface area contributed by atoms with E-state index in [4.69, 9.17) is 5.26 Å². The van der Waals surface area contributed by atoms with Crippen LogP contribution in [0.5, 0.6) is 0 Å². The van der Waals surface area contributed by atoms with Gasteiger partial charge in [0.2, 0.25) is 0 Å². The molecule has 124 valence electrons. The van der Waals surface area contributed by atoms with Gasteiger partial charge in [0.1, 0.15) is 17.6 Å². The number of hydrogen-bond acceptors (Lipinski definition) is 6. The molecule has 7 heteroatoms. The van der Waals surface area contributed by atoms with E-state index in [1.54, 1.807) is 24.5 Å². The van der Waals surface area contributed by atoms with E-state index in [0.29, 0.717) is 17.2 Å². The third-order valence-electron chi connectivity index (χ3n) is 3.84. The lowest BCUT2D eigenvalue weighted by molar-refractivity contribution is 1.10. The van der Waals surface area contributed by atoms with Crippen molar-refractivity contribution in [3.05, 3.63) is 77.1 Å². The third-order valence-corrected chi connectivity index (χ3v) is 3.84. The molecule has 3 heterocycles. The van der Waals surface area contributed by atoms with Gasteiger partial charge in [0.25, 0.3) is 0 Å². The van der Waals surface area contributed by atoms with Crippen LogP contribution in [-0.4, -0.2) is 19.9 Å². The van der Waals surface area contributed by atoms with E-state index in [0.717, 1.165) is 22.2 Å². The summed E-state index contributed by atoms with van der Waals surface area (Å²) in [5.41, 5.74) is 2.90. The van der Waals surface area contributed by atoms with Crippen LogP contribution in [0, 0.1) is 11.3 Å². The normalized spacial score (nSPS) is 10.4. The highest BCUT2D eigenvalue weighted by molar-refractivity contribution is 5.88. The minimum Gasteiger partial charge on any atom is -0.341 e. The first-order chi connectivity index (χ1) is 12.7. The van der Waals surface area contributed by atoms with Crippen molar-refractivity contribution < 1.29 is 0 Å². The third kappa shape index (κ3) is 2.99. The van der Waals surface area contributed by atoms with Gasteiger partial charge in [-0.2, -0.15) is 10.2 Å². The van der Waals surface area contributed by atoms with Gasteiger partial charge in [-0.15, -0.1) is 0 Å². The summed E-state index contributed by atoms with van der Waals surface area (Å²) in [5, 5.41) is 12.8. The molecule has 26 heavy (non-hydrogen) atoms. The van der Waals surface area contributed by atoms with Crippen molar-refractivity contribution in [1.82, 2.24) is 19.9 Å². The number of hydrogen-bond donors (Lipinski definition) is 2. The van der Waals surface area contributed by atoms with Crippen LogP contribution in [0.25, 0.3) is 22.2 Å². The summed E-state index contributed by atoms with van der Waals surface area (Å²) in [6.07, 6.45) is 3.25. The summed E-state index contributed by atoms with van der Waals surface area (Å²) in [7, 11) is 0. The highest BCUT2D eigenvalue weighted by Gasteiger charge is 2.07. The quantitative estimate of drug-likeness (QED) is 0.593. The molecule has 3 aromatic heterocycles. The number of anilines is 2. The molecule has 4 aromatic rings. The van der Waals surface area contributed by atoms with Crippen molar-refractivity contribution in [3.8, 4) is 17.2 Å². The minimum atomic E-state index is -0.467. The molecule has 0 aliphatic carbocycles. The number of aromatic nitrogens is 4. The van der Waals surface area contributed by atoms with E-state index >= 15 is 0 Å². The van der Waals surface area contributed by atoms with Gasteiger partial charge < -0.3 is 5.32 Å². The average molecular weight is 340 g/mol. The van der Waals surface area contributed by atoms with Crippen molar-refractivity contribution in [2.45, 2.75) is 0 Å². The van der Waals surface area contributed by atoms with Gasteiger partial charge in [-0.3, -0.25) is 4.98 Å². The predicted octanol–water partition coefficient (Wildman–Crippen LogP) is 3.00. The molecule has 0 bridgehead atoms. The first-order valence-electron chi connectivity index (χ1n) is 7.81. The maximum atomic E-state index is 11.8. The lowest BCUT2D eigenvalue weighted by Gasteiger charge is -2.10. The van der Waals surface area contributed by atoms with Crippen LogP contribution < -0.4 is 11.0 Å². The molecule has 0 aliphatic heterocycles. The fourth-order valence-electron chi connectivity index (χ4n) is 2.63. The van der Waals surface area contributed by atoms with Crippen LogP contribution in [0.1, 0.15) is 5.69 Å². The van der Waals surface area contributed by atoms with E-state index in [2.05, 4.69) is 25.3 Å². The van der Waals surface area contributed by atoms with Crippen molar-refractivity contribution in [1.29, 1.82) is 5.26 Å². The Morgan fingerprint density at radius 3 is 2.77 bits per heavy atom. The van der Waals surface area contributed by atoms with Gasteiger partial charge in [0, 0.05) is 23.6 Å². The number of pyridine rings is 2. The van der Waals surface area contributed by atoms with E-state index in [1.807, 2.05) is 42.5 Å². The summed E-state index contributed by atoms with van der Waals surface area (Å²) in [5.74, 6) is 0.531. The van der Waals surface area contributed by atoms with Crippen molar-refractivity contribution in [2.24, 2.45) is 0 Å². The lowest BCUT2D eigenvalue weighted by atomic mass is 10.1. The standard InChI is InChI=1S/C19H12N6O/c20-10-15-7-6-13(11-22-15)12-3-1-4-14(9-12)23-18-16-5-2-8-21-17(16)24-19(26)25-18/h1-9,11H,(H2,21,23,24,25,26). The number of benzene rings is 1. The van der Waals surface area contributed by atoms with Gasteiger partial charge in [-0.1, -0.05) is 12.1 Å². The zero-order valence-corrected chi connectivity index (χ0v) is 13.5. The van der Waals surface area contributed by atoms with Crippen LogP contribution in [0.15, 0.2) is 65.7 Å². The Bertz CT molecular complexity index is 1190. The number of H-pyrrole nitrogens is 1. The zero-order chi connectivity index (χ0) is 17.9. The summed E-state index contributed by atoms with van der Waals surface area (Å²) >= 11 is 0. The van der Waals surface area contributed by atoms with E-state index in [1.165, 1.54) is 0 Å². The van der Waals surface area contributed by atoms with E-state index in [9.17, 15) is 4.79 Å². The zero-order valence-electron chi connectivity index (χ0n) is 13.5. The molecular formula is C19H12N6O. The molecule has 0 radical (unpaired) electrons. The number of fused-ring (bicyclic) bond motifs is 1. The summed E-state index contributed by atoms with van der Waals surface area (Å²) < 4.78 is 0. The average Bonchev–Trinajstić information content (AvgIpc) is 2.68. The molecular weight excluding hydrogens is 328 g/mol. The molecule has 0 aliphatic rings. The summed E-state index contributed by atoms with van der Waals surface area (Å²) in [6, 6.07) is 16.8. The minimum absolute atomic E-state index is 0.372. The molecule has 0 unspecified atom stereocenters. The second-order valence-electron chi connectivity index (χ2n) is 5.54. The van der Waals surface area contributed by atoms with Gasteiger partial charge in [-0.25, -0.2) is 14.8 Å². The number of rotatable bonds is 3. The second-order valence-corrected chi connectivity index (χ2v) is 5.54. The maximum absolute atomic E-state index is 11.8. The Labute approximate surface area is 148 Å². The van der Waals surface area contributed by atoms with E-state index in [-0.39, 0.29) is 0 Å². The molecule has 7 nitrogen and oxygen atoms in total. The highest BCUT2D eigenvalue weighted by atomic mass is 16.1. The van der Waals surface area contributed by atoms with Gasteiger partial charge in [-0.05, 0) is 42.0 Å². The monoisotopic (exact) mass is 340 g/mol. The Hall–Kier alpha value is -4.05. The second kappa shape index (κ2) is 6.45. The van der Waals surface area contributed by atoms with Gasteiger partial charge >= 0.3 is 5.69 Å². The molecule has 1 aromatic carbocycles. The predicted molar refractivity (Wildman–Crippen MR) is 97.8 cm³/mol. The molecule has 0 saturated carbocycles. The Balaban J connectivity index is 1.72. The molecule has 0 atom stereocenters. The Morgan fingerprint density at radius 1 is 1.04 bits per heavy atom. The fourth-order valence-corrected chi connectivity index (χ4v) is 2.63. The number of aromatic amines is 1. The lowest BCUT2D eigenvalue weighted by Crippen LogP contribution is -2.13. The Morgan fingerprint density at radius 2 is 1.96 bits per heavy atom. The number of nitrogens with zero attached hydrogens (tertiary/aromatic N) is 4. The van der Waals surface area contributed by atoms with Gasteiger partial charge in [0.05, 0.1) is 5.39 Å². The number of nitrogens with one attached hydrogen (secondary N) is 2. The van der Waals surface area contributed by atoms with Gasteiger partial charge in [0.15, 0.2) is 5.65 Å². The van der Waals surface area contributed by atoms with Crippen LogP contribution in [0.3, 0.4) is 0 Å². The summed E-state index contributed by atoms with van der Waals surface area (Å²) in [4.78, 5) is 26.5. The van der Waals surface area contributed by atoms with Crippen LogP contribution in [-0.2, 0) is 0 Å². The molecule has 0 fully saturated rings. The molecule has 0 amide bonds. The SMILES string of the molecule is N#Cc1ccc(-c2cccc(Nc3[nH]c(=O)nc4ncccc34)c2)cn1. The van der Waals surface area contributed by atoms with Crippen LogP contribution in [0.2, 0.25) is 0 Å². The van der Waals surface area contributed by atoms with Crippen molar-refractivity contribution in [2.75, 3.05) is 5.32 Å². The largest absolute Gasteiger partial charge is 0.348 e. The molecule has 4 rings (SSSR count). The van der Waals surface area contributed by atoms with Crippen molar-refractivity contribution >= 4 is 22.5 Å². The summed E-state index contributed by atoms with van der Waals surface area (Å²) in [6.45, 7) is 0. The first-order valence-corrected chi connectivity index (χ1v) is 7.81. The number of nitriles is 1. The first kappa shape index (κ1) is 15.5. The highest BCUT2D eigenvalue weighted by Crippen LogP contribution is 2.25. The Kier molecular flexibility index (Phi) is 3.84. The molecule has 0 spiro atoms. The maximum Gasteiger partial charge on any atom is 0.348 e. The molecule has 0 saturated heterocycles. The van der Waals surface area contributed by atoms with Crippen LogP contribution >= 0.6 is 0 Å².